The molecule has 1 fully saturated rings. The van der Waals surface area contributed by atoms with Gasteiger partial charge in [-0.1, -0.05) is 6.07 Å². The van der Waals surface area contributed by atoms with Gasteiger partial charge in [0.15, 0.2) is 6.29 Å². The van der Waals surface area contributed by atoms with Crippen molar-refractivity contribution in [3.8, 4) is 5.69 Å². The summed E-state index contributed by atoms with van der Waals surface area (Å²) < 4.78 is 45.2. The number of alkyl halides is 3. The fourth-order valence-electron chi connectivity index (χ4n) is 2.69. The second-order valence-electron chi connectivity index (χ2n) is 5.95. The van der Waals surface area contributed by atoms with Crippen molar-refractivity contribution in [1.29, 1.82) is 0 Å². The average molecular weight is 369 g/mol. The van der Waals surface area contributed by atoms with E-state index in [-0.39, 0.29) is 11.3 Å². The van der Waals surface area contributed by atoms with E-state index < -0.39 is 23.9 Å². The van der Waals surface area contributed by atoms with Crippen molar-refractivity contribution in [1.82, 2.24) is 15.3 Å². The van der Waals surface area contributed by atoms with Gasteiger partial charge in [-0.2, -0.15) is 18.3 Å². The maximum Gasteiger partial charge on any atom is 0.416 e. The molecule has 1 saturated heterocycles. The molecular formula is C17H18F3N3O3. The number of benzene rings is 1. The van der Waals surface area contributed by atoms with E-state index in [1.807, 2.05) is 0 Å². The minimum atomic E-state index is -4.45. The number of carbonyl (C=O) groups excluding carboxylic acids is 1. The summed E-state index contributed by atoms with van der Waals surface area (Å²) in [5.74, 6) is -0.533. The van der Waals surface area contributed by atoms with Crippen molar-refractivity contribution in [2.24, 2.45) is 0 Å². The van der Waals surface area contributed by atoms with Crippen LogP contribution in [0.2, 0.25) is 0 Å². The highest BCUT2D eigenvalue weighted by molar-refractivity contribution is 5.94. The van der Waals surface area contributed by atoms with Crippen molar-refractivity contribution in [3.05, 3.63) is 47.3 Å². The Morgan fingerprint density at radius 1 is 1.38 bits per heavy atom. The average Bonchev–Trinajstić information content (AvgIpc) is 3.01. The number of hydrogen-bond donors (Lipinski definition) is 1. The zero-order valence-corrected chi connectivity index (χ0v) is 14.0. The first-order valence-corrected chi connectivity index (χ1v) is 8.16. The van der Waals surface area contributed by atoms with Gasteiger partial charge in [-0.05, 0) is 38.0 Å². The molecule has 6 nitrogen and oxygen atoms in total. The van der Waals surface area contributed by atoms with Gasteiger partial charge in [-0.15, -0.1) is 0 Å². The van der Waals surface area contributed by atoms with E-state index in [2.05, 4.69) is 10.6 Å². The molecule has 0 bridgehead atoms. The third-order valence-electron chi connectivity index (χ3n) is 4.09. The van der Waals surface area contributed by atoms with Gasteiger partial charge >= 0.3 is 6.18 Å². The van der Waals surface area contributed by atoms with Gasteiger partial charge in [-0.25, -0.2) is 15.0 Å². The zero-order chi connectivity index (χ0) is 18.7. The molecule has 2 heterocycles. The number of carbonyl (C=O) groups is 1. The van der Waals surface area contributed by atoms with Crippen LogP contribution in [-0.2, 0) is 15.8 Å². The number of halogens is 3. The summed E-state index contributed by atoms with van der Waals surface area (Å²) in [4.78, 5) is 17.5. The standard InChI is InChI=1S/C17H18F3N3O3/c1-11-14(16(24)22-26-15-7-2-3-8-25-15)10-21-23(11)13-6-4-5-12(9-13)17(18,19)20/h4-6,9-10,15H,2-3,7-8H2,1H3,(H,22,24)/t15-/m1/s1. The molecule has 0 radical (unpaired) electrons. The lowest BCUT2D eigenvalue weighted by atomic mass is 10.2. The van der Waals surface area contributed by atoms with E-state index in [4.69, 9.17) is 9.57 Å². The SMILES string of the molecule is Cc1c(C(=O)NO[C@@H]2CCCCO2)cnn1-c1cccc(C(F)(F)F)c1. The number of hydroxylamine groups is 1. The minimum absolute atomic E-state index is 0.207. The Kier molecular flexibility index (Phi) is 5.28. The van der Waals surface area contributed by atoms with Gasteiger partial charge in [0, 0.05) is 13.0 Å². The third-order valence-corrected chi connectivity index (χ3v) is 4.09. The topological polar surface area (TPSA) is 65.4 Å². The largest absolute Gasteiger partial charge is 0.416 e. The normalized spacial score (nSPS) is 17.9. The van der Waals surface area contributed by atoms with Crippen LogP contribution in [0.15, 0.2) is 30.5 Å². The molecule has 1 aliphatic heterocycles. The van der Waals surface area contributed by atoms with E-state index in [0.717, 1.165) is 25.0 Å². The number of amides is 1. The van der Waals surface area contributed by atoms with Gasteiger partial charge in [0.25, 0.3) is 5.91 Å². The highest BCUT2D eigenvalue weighted by Gasteiger charge is 2.30. The van der Waals surface area contributed by atoms with Crippen LogP contribution in [0.3, 0.4) is 0 Å². The molecule has 9 heteroatoms. The summed E-state index contributed by atoms with van der Waals surface area (Å²) in [6.07, 6.45) is -1.07. The lowest BCUT2D eigenvalue weighted by Gasteiger charge is -2.22. The van der Waals surface area contributed by atoms with Crippen LogP contribution >= 0.6 is 0 Å². The first-order chi connectivity index (χ1) is 12.4. The van der Waals surface area contributed by atoms with Crippen molar-refractivity contribution in [2.45, 2.75) is 38.7 Å². The fourth-order valence-corrected chi connectivity index (χ4v) is 2.69. The fraction of sp³-hybridized carbons (Fsp3) is 0.412. The van der Waals surface area contributed by atoms with E-state index in [9.17, 15) is 18.0 Å². The van der Waals surface area contributed by atoms with Gasteiger partial charge in [-0.3, -0.25) is 4.79 Å². The summed E-state index contributed by atoms with van der Waals surface area (Å²) >= 11 is 0. The summed E-state index contributed by atoms with van der Waals surface area (Å²) in [5.41, 5.74) is 2.35. The van der Waals surface area contributed by atoms with E-state index >= 15 is 0 Å². The van der Waals surface area contributed by atoms with Gasteiger partial charge in [0.2, 0.25) is 0 Å². The summed E-state index contributed by atoms with van der Waals surface area (Å²) in [5, 5.41) is 4.03. The Hall–Kier alpha value is -2.39. The summed E-state index contributed by atoms with van der Waals surface area (Å²) in [6, 6.07) is 4.74. The first kappa shape index (κ1) is 18.4. The number of rotatable bonds is 4. The third kappa shape index (κ3) is 4.05. The maximum absolute atomic E-state index is 12.9. The Morgan fingerprint density at radius 3 is 2.88 bits per heavy atom. The van der Waals surface area contributed by atoms with Crippen molar-refractivity contribution in [3.63, 3.8) is 0 Å². The molecule has 1 N–H and O–H groups in total. The second kappa shape index (κ2) is 7.46. The monoisotopic (exact) mass is 369 g/mol. The smallest absolute Gasteiger partial charge is 0.350 e. The van der Waals surface area contributed by atoms with Crippen LogP contribution in [0, 0.1) is 6.92 Å². The van der Waals surface area contributed by atoms with Crippen LogP contribution in [0.1, 0.15) is 40.9 Å². The van der Waals surface area contributed by atoms with Crippen LogP contribution in [0.25, 0.3) is 5.69 Å². The molecule has 3 rings (SSSR count). The van der Waals surface area contributed by atoms with Crippen molar-refractivity contribution < 1.29 is 27.5 Å². The molecule has 1 aliphatic rings. The first-order valence-electron chi connectivity index (χ1n) is 8.16. The van der Waals surface area contributed by atoms with Crippen LogP contribution < -0.4 is 5.48 Å². The van der Waals surface area contributed by atoms with Gasteiger partial charge < -0.3 is 4.74 Å². The molecule has 1 amide bonds. The van der Waals surface area contributed by atoms with Gasteiger partial charge in [0.1, 0.15) is 0 Å². The van der Waals surface area contributed by atoms with E-state index in [1.165, 1.54) is 23.0 Å². The molecule has 0 saturated carbocycles. The summed E-state index contributed by atoms with van der Waals surface area (Å²) in [7, 11) is 0. The molecule has 1 atom stereocenters. The Bertz CT molecular complexity index is 783. The molecule has 0 unspecified atom stereocenters. The second-order valence-corrected chi connectivity index (χ2v) is 5.95. The van der Waals surface area contributed by atoms with E-state index in [0.29, 0.717) is 18.7 Å². The van der Waals surface area contributed by atoms with Crippen LogP contribution in [0.4, 0.5) is 13.2 Å². The minimum Gasteiger partial charge on any atom is -0.350 e. The highest BCUT2D eigenvalue weighted by Crippen LogP contribution is 2.30. The quantitative estimate of drug-likeness (QED) is 0.839. The number of ether oxygens (including phenoxy) is 1. The number of hydrogen-bond acceptors (Lipinski definition) is 4. The van der Waals surface area contributed by atoms with Crippen molar-refractivity contribution >= 4 is 5.91 Å². The highest BCUT2D eigenvalue weighted by atomic mass is 19.4. The predicted molar refractivity (Wildman–Crippen MR) is 85.4 cm³/mol. The lowest BCUT2D eigenvalue weighted by Crippen LogP contribution is -2.33. The predicted octanol–water partition coefficient (Wildman–Crippen LogP) is 3.39. The van der Waals surface area contributed by atoms with Crippen molar-refractivity contribution in [2.75, 3.05) is 6.61 Å². The number of nitrogens with one attached hydrogen (secondary N) is 1. The summed E-state index contributed by atoms with van der Waals surface area (Å²) in [6.45, 7) is 2.17. The molecule has 26 heavy (non-hydrogen) atoms. The number of nitrogens with zero attached hydrogens (tertiary/aromatic N) is 2. The number of aromatic nitrogens is 2. The molecule has 1 aromatic heterocycles. The Labute approximate surface area is 147 Å². The molecule has 2 aromatic rings. The Balaban J connectivity index is 1.74. The lowest BCUT2D eigenvalue weighted by molar-refractivity contribution is -0.186. The molecule has 0 aliphatic carbocycles. The van der Waals surface area contributed by atoms with Gasteiger partial charge in [0.05, 0.1) is 28.7 Å². The maximum atomic E-state index is 12.9. The van der Waals surface area contributed by atoms with E-state index in [1.54, 1.807) is 6.92 Å². The molecular weight excluding hydrogens is 351 g/mol. The Morgan fingerprint density at radius 2 is 2.19 bits per heavy atom. The molecule has 1 aromatic carbocycles. The van der Waals surface area contributed by atoms with Crippen LogP contribution in [0.5, 0.6) is 0 Å². The molecule has 140 valence electrons. The van der Waals surface area contributed by atoms with Crippen LogP contribution in [-0.4, -0.2) is 28.6 Å². The zero-order valence-electron chi connectivity index (χ0n) is 14.0. The molecule has 0 spiro atoms.